The Kier molecular flexibility index (Phi) is 3.06. The summed E-state index contributed by atoms with van der Waals surface area (Å²) in [4.78, 5) is 16.3. The largest absolute Gasteiger partial charge is 0.497 e. The van der Waals surface area contributed by atoms with E-state index in [2.05, 4.69) is 4.99 Å². The van der Waals surface area contributed by atoms with Gasteiger partial charge in [0.15, 0.2) is 0 Å². The van der Waals surface area contributed by atoms with Gasteiger partial charge in [0.1, 0.15) is 11.3 Å². The van der Waals surface area contributed by atoms with Gasteiger partial charge in [-0.3, -0.25) is 4.99 Å². The van der Waals surface area contributed by atoms with Crippen LogP contribution in [0.15, 0.2) is 38.5 Å². The standard InChI is InChI=1S/C14H13NO3S/c1-8-15-7-13(19-8)11-6-9-5-10(17-2)3-4-12(9)18-14(11)16/h3-8,13H,1-2H3. The molecule has 19 heavy (non-hydrogen) atoms. The normalized spacial score (nSPS) is 22.0. The predicted octanol–water partition coefficient (Wildman–Crippen LogP) is 3.01. The van der Waals surface area contributed by atoms with E-state index in [0.29, 0.717) is 11.1 Å². The summed E-state index contributed by atoms with van der Waals surface area (Å²) in [5.41, 5.74) is 0.914. The summed E-state index contributed by atoms with van der Waals surface area (Å²) < 4.78 is 10.5. The molecule has 0 N–H and O–H groups in total. The second-order valence-corrected chi connectivity index (χ2v) is 5.81. The smallest absolute Gasteiger partial charge is 0.340 e. The highest BCUT2D eigenvalue weighted by Crippen LogP contribution is 2.35. The van der Waals surface area contributed by atoms with E-state index in [4.69, 9.17) is 9.15 Å². The molecule has 2 aromatic rings. The molecule has 0 amide bonds. The van der Waals surface area contributed by atoms with Crippen LogP contribution in [0, 0.1) is 0 Å². The molecule has 98 valence electrons. The molecular formula is C14H13NO3S. The summed E-state index contributed by atoms with van der Waals surface area (Å²) >= 11 is 1.64. The van der Waals surface area contributed by atoms with Gasteiger partial charge in [0.05, 0.1) is 23.3 Å². The number of ether oxygens (including phenoxy) is 1. The molecule has 2 atom stereocenters. The number of methoxy groups -OCH3 is 1. The maximum absolute atomic E-state index is 12.0. The zero-order chi connectivity index (χ0) is 13.4. The Balaban J connectivity index is 2.12. The maximum Gasteiger partial charge on any atom is 0.340 e. The molecule has 4 nitrogen and oxygen atoms in total. The number of nitrogens with zero attached hydrogens (tertiary/aromatic N) is 1. The summed E-state index contributed by atoms with van der Waals surface area (Å²) in [6, 6.07) is 7.25. The predicted molar refractivity (Wildman–Crippen MR) is 77.3 cm³/mol. The SMILES string of the molecule is COc1ccc2oc(=O)c(C3C=NC(C)S3)cc2c1. The topological polar surface area (TPSA) is 51.8 Å². The number of rotatable bonds is 2. The lowest BCUT2D eigenvalue weighted by molar-refractivity contribution is 0.415. The van der Waals surface area contributed by atoms with Gasteiger partial charge in [0, 0.05) is 11.6 Å². The molecule has 0 bridgehead atoms. The second-order valence-electron chi connectivity index (χ2n) is 4.35. The van der Waals surface area contributed by atoms with Crippen molar-refractivity contribution in [3.63, 3.8) is 0 Å². The minimum Gasteiger partial charge on any atom is -0.497 e. The number of benzene rings is 1. The van der Waals surface area contributed by atoms with Crippen molar-refractivity contribution in [2.45, 2.75) is 17.5 Å². The van der Waals surface area contributed by atoms with E-state index in [9.17, 15) is 4.79 Å². The van der Waals surface area contributed by atoms with Crippen molar-refractivity contribution in [1.82, 2.24) is 0 Å². The summed E-state index contributed by atoms with van der Waals surface area (Å²) in [6.07, 6.45) is 1.81. The minimum atomic E-state index is -0.296. The Hall–Kier alpha value is -1.75. The van der Waals surface area contributed by atoms with Crippen LogP contribution in [-0.2, 0) is 0 Å². The van der Waals surface area contributed by atoms with Gasteiger partial charge >= 0.3 is 5.63 Å². The van der Waals surface area contributed by atoms with Crippen molar-refractivity contribution in [2.75, 3.05) is 7.11 Å². The Morgan fingerprint density at radius 2 is 2.21 bits per heavy atom. The molecule has 0 aliphatic carbocycles. The molecule has 1 aliphatic rings. The van der Waals surface area contributed by atoms with E-state index in [1.165, 1.54) is 0 Å². The Labute approximate surface area is 114 Å². The Morgan fingerprint density at radius 3 is 2.89 bits per heavy atom. The minimum absolute atomic E-state index is 0.0261. The molecule has 2 unspecified atom stereocenters. The van der Waals surface area contributed by atoms with E-state index >= 15 is 0 Å². The Morgan fingerprint density at radius 1 is 1.37 bits per heavy atom. The zero-order valence-electron chi connectivity index (χ0n) is 10.6. The van der Waals surface area contributed by atoms with Crippen LogP contribution in [0.3, 0.4) is 0 Å². The summed E-state index contributed by atoms with van der Waals surface area (Å²) in [7, 11) is 1.61. The van der Waals surface area contributed by atoms with Gasteiger partial charge in [-0.05, 0) is 31.2 Å². The summed E-state index contributed by atoms with van der Waals surface area (Å²) in [6.45, 7) is 2.01. The van der Waals surface area contributed by atoms with Gasteiger partial charge in [-0.25, -0.2) is 4.79 Å². The summed E-state index contributed by atoms with van der Waals surface area (Å²) in [5, 5.41) is 1.02. The van der Waals surface area contributed by atoms with Crippen LogP contribution in [-0.4, -0.2) is 18.7 Å². The molecule has 2 heterocycles. The zero-order valence-corrected chi connectivity index (χ0v) is 11.4. The van der Waals surface area contributed by atoms with Crippen LogP contribution in [0.2, 0.25) is 0 Å². The molecule has 3 rings (SSSR count). The molecule has 0 radical (unpaired) electrons. The van der Waals surface area contributed by atoms with Gasteiger partial charge in [-0.2, -0.15) is 0 Å². The average molecular weight is 275 g/mol. The second kappa shape index (κ2) is 4.74. The van der Waals surface area contributed by atoms with Crippen LogP contribution >= 0.6 is 11.8 Å². The first kappa shape index (κ1) is 12.3. The molecule has 5 heteroatoms. The Bertz CT molecular complexity index is 707. The number of hydrogen-bond acceptors (Lipinski definition) is 5. The first-order chi connectivity index (χ1) is 9.17. The van der Waals surface area contributed by atoms with Crippen molar-refractivity contribution in [2.24, 2.45) is 4.99 Å². The highest BCUT2D eigenvalue weighted by molar-refractivity contribution is 8.01. The first-order valence-corrected chi connectivity index (χ1v) is 6.92. The van der Waals surface area contributed by atoms with Crippen molar-refractivity contribution >= 4 is 28.9 Å². The lowest BCUT2D eigenvalue weighted by atomic mass is 10.1. The van der Waals surface area contributed by atoms with Gasteiger partial charge in [-0.1, -0.05) is 0 Å². The monoisotopic (exact) mass is 275 g/mol. The maximum atomic E-state index is 12.0. The van der Waals surface area contributed by atoms with Crippen LogP contribution in [0.4, 0.5) is 0 Å². The van der Waals surface area contributed by atoms with Crippen LogP contribution in [0.25, 0.3) is 11.0 Å². The van der Waals surface area contributed by atoms with Gasteiger partial charge in [0.2, 0.25) is 0 Å². The fourth-order valence-corrected chi connectivity index (χ4v) is 3.09. The van der Waals surface area contributed by atoms with Gasteiger partial charge in [0.25, 0.3) is 0 Å². The van der Waals surface area contributed by atoms with Crippen molar-refractivity contribution in [3.05, 3.63) is 40.2 Å². The molecular weight excluding hydrogens is 262 g/mol. The molecule has 0 spiro atoms. The van der Waals surface area contributed by atoms with Crippen LogP contribution in [0.5, 0.6) is 5.75 Å². The molecule has 1 aromatic heterocycles. The third kappa shape index (κ3) is 2.26. The number of hydrogen-bond donors (Lipinski definition) is 0. The van der Waals surface area contributed by atoms with Crippen LogP contribution in [0.1, 0.15) is 17.7 Å². The van der Waals surface area contributed by atoms with Crippen LogP contribution < -0.4 is 10.4 Å². The van der Waals surface area contributed by atoms with Gasteiger partial charge < -0.3 is 9.15 Å². The quantitative estimate of drug-likeness (QED) is 0.791. The lowest BCUT2D eigenvalue weighted by Crippen LogP contribution is -2.10. The van der Waals surface area contributed by atoms with Crippen molar-refractivity contribution in [3.8, 4) is 5.75 Å². The first-order valence-electron chi connectivity index (χ1n) is 5.98. The lowest BCUT2D eigenvalue weighted by Gasteiger charge is -2.08. The highest BCUT2D eigenvalue weighted by Gasteiger charge is 2.22. The third-order valence-corrected chi connectivity index (χ3v) is 4.23. The number of thioether (sulfide) groups is 1. The van der Waals surface area contributed by atoms with E-state index in [0.717, 1.165) is 11.1 Å². The summed E-state index contributed by atoms with van der Waals surface area (Å²) in [5.74, 6) is 0.744. The molecule has 1 aromatic carbocycles. The average Bonchev–Trinajstić information content (AvgIpc) is 2.84. The van der Waals surface area contributed by atoms with E-state index in [-0.39, 0.29) is 16.2 Å². The fraction of sp³-hybridized carbons (Fsp3) is 0.286. The van der Waals surface area contributed by atoms with E-state index in [1.54, 1.807) is 31.0 Å². The third-order valence-electron chi connectivity index (χ3n) is 3.05. The fourth-order valence-electron chi connectivity index (χ4n) is 2.08. The van der Waals surface area contributed by atoms with E-state index in [1.807, 2.05) is 25.3 Å². The molecule has 0 fully saturated rings. The molecule has 1 aliphatic heterocycles. The van der Waals surface area contributed by atoms with Gasteiger partial charge in [-0.15, -0.1) is 11.8 Å². The van der Waals surface area contributed by atoms with Crippen molar-refractivity contribution < 1.29 is 9.15 Å². The number of fused-ring (bicyclic) bond motifs is 1. The number of aliphatic imine (C=N–C) groups is 1. The van der Waals surface area contributed by atoms with Crippen molar-refractivity contribution in [1.29, 1.82) is 0 Å². The molecule has 0 saturated heterocycles. The van der Waals surface area contributed by atoms with E-state index < -0.39 is 0 Å². The molecule has 0 saturated carbocycles. The highest BCUT2D eigenvalue weighted by atomic mass is 32.2.